The zero-order chi connectivity index (χ0) is 24.7. The molecule has 0 fully saturated rings. The third-order valence-electron chi connectivity index (χ3n) is 4.61. The summed E-state index contributed by atoms with van der Waals surface area (Å²) in [5, 5.41) is 12.4. The summed E-state index contributed by atoms with van der Waals surface area (Å²) in [6.45, 7) is 2.00. The van der Waals surface area contributed by atoms with Gasteiger partial charge >= 0.3 is 17.9 Å². The Morgan fingerprint density at radius 2 is 1.88 bits per heavy atom. The first kappa shape index (κ1) is 25.3. The molecule has 0 saturated heterocycles. The minimum absolute atomic E-state index is 0.212. The normalized spacial score (nSPS) is 10.4. The van der Waals surface area contributed by atoms with Crippen LogP contribution < -0.4 is 10.1 Å². The molecule has 178 valence electrons. The van der Waals surface area contributed by atoms with Gasteiger partial charge in [0.1, 0.15) is 0 Å². The van der Waals surface area contributed by atoms with E-state index in [1.165, 1.54) is 18.4 Å². The minimum Gasteiger partial charge on any atom is -0.479 e. The van der Waals surface area contributed by atoms with Crippen molar-refractivity contribution in [2.45, 2.75) is 13.5 Å². The lowest BCUT2D eigenvalue weighted by molar-refractivity contribution is -0.145. The van der Waals surface area contributed by atoms with E-state index >= 15 is 0 Å². The molecule has 1 aromatic heterocycles. The van der Waals surface area contributed by atoms with Crippen LogP contribution in [-0.4, -0.2) is 43.3 Å². The average Bonchev–Trinajstić information content (AvgIpc) is 3.17. The molecule has 2 N–H and O–H groups in total. The number of anilines is 1. The quantitative estimate of drug-likeness (QED) is 0.332. The summed E-state index contributed by atoms with van der Waals surface area (Å²) < 4.78 is 15.9. The molecule has 0 bridgehead atoms. The summed E-state index contributed by atoms with van der Waals surface area (Å²) in [5.74, 6) is -1.89. The topological polar surface area (TPSA) is 111 Å². The van der Waals surface area contributed by atoms with Crippen molar-refractivity contribution in [3.8, 4) is 16.2 Å². The number of thiophene rings is 1. The highest BCUT2D eigenvalue weighted by molar-refractivity contribution is 9.10. The lowest BCUT2D eigenvalue weighted by Gasteiger charge is -2.09. The number of halogens is 1. The van der Waals surface area contributed by atoms with E-state index in [1.807, 2.05) is 30.3 Å². The Kier molecular flexibility index (Phi) is 8.67. The van der Waals surface area contributed by atoms with Crippen LogP contribution in [0, 0.1) is 0 Å². The van der Waals surface area contributed by atoms with Crippen LogP contribution >= 0.6 is 27.3 Å². The number of rotatable bonds is 10. The molecule has 0 atom stereocenters. The predicted octanol–water partition coefficient (Wildman–Crippen LogP) is 5.22. The summed E-state index contributed by atoms with van der Waals surface area (Å²) in [6.07, 6.45) is 0. The van der Waals surface area contributed by atoms with E-state index in [1.54, 1.807) is 25.1 Å². The smallest absolute Gasteiger partial charge is 0.351 e. The van der Waals surface area contributed by atoms with E-state index in [9.17, 15) is 14.4 Å². The summed E-state index contributed by atoms with van der Waals surface area (Å²) in [5.41, 5.74) is 2.65. The molecular formula is C24H22BrNO7S. The molecule has 34 heavy (non-hydrogen) atoms. The number of methoxy groups -OCH3 is 1. The maximum atomic E-state index is 12.3. The first-order chi connectivity index (χ1) is 16.3. The zero-order valence-electron chi connectivity index (χ0n) is 18.4. The fourth-order valence-electron chi connectivity index (χ4n) is 3.06. The molecule has 0 saturated carbocycles. The summed E-state index contributed by atoms with van der Waals surface area (Å²) >= 11 is 4.67. The number of aromatic carboxylic acids is 1. The molecule has 2 aromatic carbocycles. The number of hydrogen-bond donors (Lipinski definition) is 2. The van der Waals surface area contributed by atoms with Gasteiger partial charge in [-0.2, -0.15) is 0 Å². The van der Waals surface area contributed by atoms with Crippen LogP contribution in [0.15, 0.2) is 53.0 Å². The highest BCUT2D eigenvalue weighted by atomic mass is 79.9. The zero-order valence-corrected chi connectivity index (χ0v) is 20.8. The van der Waals surface area contributed by atoms with Crippen LogP contribution in [0.4, 0.5) is 5.69 Å². The molecule has 0 aliphatic carbocycles. The van der Waals surface area contributed by atoms with E-state index in [4.69, 9.17) is 19.3 Å². The van der Waals surface area contributed by atoms with Gasteiger partial charge in [-0.1, -0.05) is 24.3 Å². The second-order valence-electron chi connectivity index (χ2n) is 6.93. The maximum absolute atomic E-state index is 12.3. The molecular weight excluding hydrogens is 526 g/mol. The summed E-state index contributed by atoms with van der Waals surface area (Å²) in [6, 6.07) is 14.2. The Bertz CT molecular complexity index is 1210. The summed E-state index contributed by atoms with van der Waals surface area (Å²) in [7, 11) is 1.27. The van der Waals surface area contributed by atoms with Crippen molar-refractivity contribution in [3.05, 3.63) is 69.0 Å². The number of esters is 2. The van der Waals surface area contributed by atoms with Crippen LogP contribution in [0.3, 0.4) is 0 Å². The molecule has 1 heterocycles. The fraction of sp³-hybridized carbons (Fsp3) is 0.208. The lowest BCUT2D eigenvalue weighted by Crippen LogP contribution is -2.15. The number of hydrogen-bond acceptors (Lipinski definition) is 8. The Hall–Kier alpha value is -3.37. The predicted molar refractivity (Wildman–Crippen MR) is 132 cm³/mol. The molecule has 0 unspecified atom stereocenters. The second-order valence-corrected chi connectivity index (χ2v) is 8.74. The average molecular weight is 548 g/mol. The van der Waals surface area contributed by atoms with Gasteiger partial charge in [0.15, 0.2) is 17.2 Å². The highest BCUT2D eigenvalue weighted by Crippen LogP contribution is 2.46. The van der Waals surface area contributed by atoms with Gasteiger partial charge in [-0.3, -0.25) is 0 Å². The van der Waals surface area contributed by atoms with Crippen molar-refractivity contribution < 1.29 is 33.7 Å². The number of carbonyl (C=O) groups excluding carboxylic acids is 2. The van der Waals surface area contributed by atoms with Crippen molar-refractivity contribution in [2.75, 3.05) is 25.6 Å². The Morgan fingerprint density at radius 1 is 1.12 bits per heavy atom. The lowest BCUT2D eigenvalue weighted by atomic mass is 10.1. The molecule has 0 spiro atoms. The standard InChI is InChI=1S/C24H22BrNO7S/c1-3-32-18(27)13-33-20-19(25)21(34-22(20)24(30)31-2)15-7-5-9-17(11-15)26-12-14-6-4-8-16(10-14)23(28)29/h4-11,26H,3,12-13H2,1-2H3,(H,28,29). The van der Waals surface area contributed by atoms with Crippen molar-refractivity contribution in [3.63, 3.8) is 0 Å². The van der Waals surface area contributed by atoms with Crippen LogP contribution in [0.5, 0.6) is 5.75 Å². The fourth-order valence-corrected chi connectivity index (χ4v) is 5.03. The van der Waals surface area contributed by atoms with Crippen molar-refractivity contribution in [1.29, 1.82) is 0 Å². The highest BCUT2D eigenvalue weighted by Gasteiger charge is 2.25. The van der Waals surface area contributed by atoms with E-state index in [-0.39, 0.29) is 29.4 Å². The van der Waals surface area contributed by atoms with Crippen LogP contribution in [0.25, 0.3) is 10.4 Å². The number of carbonyl (C=O) groups is 3. The van der Waals surface area contributed by atoms with Crippen LogP contribution in [0.1, 0.15) is 32.5 Å². The van der Waals surface area contributed by atoms with Crippen molar-refractivity contribution in [1.82, 2.24) is 0 Å². The molecule has 0 radical (unpaired) electrons. The third-order valence-corrected chi connectivity index (χ3v) is 6.83. The van der Waals surface area contributed by atoms with Crippen LogP contribution in [0.2, 0.25) is 0 Å². The van der Waals surface area contributed by atoms with E-state index < -0.39 is 17.9 Å². The van der Waals surface area contributed by atoms with Gasteiger partial charge in [-0.05, 0) is 58.2 Å². The van der Waals surface area contributed by atoms with Gasteiger partial charge in [0, 0.05) is 12.2 Å². The van der Waals surface area contributed by atoms with Gasteiger partial charge in [0.05, 0.1) is 28.6 Å². The first-order valence-corrected chi connectivity index (χ1v) is 11.8. The van der Waals surface area contributed by atoms with Gasteiger partial charge in [-0.15, -0.1) is 11.3 Å². The van der Waals surface area contributed by atoms with Crippen molar-refractivity contribution >= 4 is 50.9 Å². The molecule has 0 amide bonds. The number of carboxylic acids is 1. The Labute approximate surface area is 208 Å². The number of benzene rings is 2. The second kappa shape index (κ2) is 11.7. The molecule has 3 rings (SSSR count). The third kappa shape index (κ3) is 6.15. The largest absolute Gasteiger partial charge is 0.479 e. The summed E-state index contributed by atoms with van der Waals surface area (Å²) in [4.78, 5) is 36.2. The first-order valence-electron chi connectivity index (χ1n) is 10.2. The van der Waals surface area contributed by atoms with Crippen LogP contribution in [-0.2, 0) is 20.8 Å². The number of nitrogens with one attached hydrogen (secondary N) is 1. The van der Waals surface area contributed by atoms with Gasteiger partial charge in [0.2, 0.25) is 0 Å². The molecule has 3 aromatic rings. The number of carboxylic acid groups (broad SMARTS) is 1. The minimum atomic E-state index is -0.978. The Morgan fingerprint density at radius 3 is 2.59 bits per heavy atom. The molecule has 0 aliphatic rings. The molecule has 0 aliphatic heterocycles. The maximum Gasteiger partial charge on any atom is 0.351 e. The van der Waals surface area contributed by atoms with E-state index in [2.05, 4.69) is 21.2 Å². The van der Waals surface area contributed by atoms with Gasteiger partial charge in [-0.25, -0.2) is 14.4 Å². The van der Waals surface area contributed by atoms with E-state index in [0.29, 0.717) is 11.0 Å². The van der Waals surface area contributed by atoms with E-state index in [0.717, 1.165) is 21.7 Å². The molecule has 8 nitrogen and oxygen atoms in total. The molecule has 10 heteroatoms. The Balaban J connectivity index is 1.84. The van der Waals surface area contributed by atoms with Gasteiger partial charge < -0.3 is 24.6 Å². The monoisotopic (exact) mass is 547 g/mol. The van der Waals surface area contributed by atoms with Gasteiger partial charge in [0.25, 0.3) is 0 Å². The van der Waals surface area contributed by atoms with Crippen molar-refractivity contribution in [2.24, 2.45) is 0 Å². The number of ether oxygens (including phenoxy) is 3. The SMILES string of the molecule is CCOC(=O)COc1c(C(=O)OC)sc(-c2cccc(NCc3cccc(C(=O)O)c3)c2)c1Br.